The Morgan fingerprint density at radius 2 is 2.14 bits per heavy atom. The van der Waals surface area contributed by atoms with Gasteiger partial charge in [-0.3, -0.25) is 10.00 Å². The normalized spacial score (nSPS) is 15.0. The predicted octanol–water partition coefficient (Wildman–Crippen LogP) is 2.49. The fourth-order valence-electron chi connectivity index (χ4n) is 2.64. The fourth-order valence-corrected chi connectivity index (χ4v) is 3.31. The van der Waals surface area contributed by atoms with Gasteiger partial charge in [-0.25, -0.2) is 9.97 Å². The van der Waals surface area contributed by atoms with Crippen molar-refractivity contribution in [2.75, 3.05) is 6.54 Å². The molecule has 0 unspecified atom stereocenters. The van der Waals surface area contributed by atoms with Gasteiger partial charge in [0.2, 0.25) is 0 Å². The predicted molar refractivity (Wildman–Crippen MR) is 81.8 cm³/mol. The highest BCUT2D eigenvalue weighted by Gasteiger charge is 2.17. The number of H-pyrrole nitrogens is 1. The van der Waals surface area contributed by atoms with Crippen molar-refractivity contribution in [3.63, 3.8) is 0 Å². The van der Waals surface area contributed by atoms with Gasteiger partial charge in [0, 0.05) is 55.3 Å². The molecule has 1 N–H and O–H groups in total. The number of nitrogens with one attached hydrogen (secondary N) is 1. The van der Waals surface area contributed by atoms with E-state index in [4.69, 9.17) is 0 Å². The van der Waals surface area contributed by atoms with E-state index in [-0.39, 0.29) is 0 Å². The minimum atomic E-state index is 0.810. The van der Waals surface area contributed by atoms with Crippen molar-refractivity contribution in [2.45, 2.75) is 19.5 Å². The first-order valence-electron chi connectivity index (χ1n) is 6.97. The summed E-state index contributed by atoms with van der Waals surface area (Å²) in [7, 11) is 0. The van der Waals surface area contributed by atoms with Crippen molar-refractivity contribution < 1.29 is 0 Å². The Labute approximate surface area is 126 Å². The Balaban J connectivity index is 1.46. The van der Waals surface area contributed by atoms with Gasteiger partial charge in [0.1, 0.15) is 0 Å². The Morgan fingerprint density at radius 1 is 1.24 bits per heavy atom. The van der Waals surface area contributed by atoms with Crippen molar-refractivity contribution in [1.29, 1.82) is 0 Å². The molecule has 5 nitrogen and oxygen atoms in total. The molecule has 1 aliphatic rings. The minimum Gasteiger partial charge on any atom is -0.294 e. The van der Waals surface area contributed by atoms with Gasteiger partial charge in [0.25, 0.3) is 0 Å². The van der Waals surface area contributed by atoms with Crippen LogP contribution in [0, 0.1) is 0 Å². The Morgan fingerprint density at radius 3 is 2.95 bits per heavy atom. The lowest BCUT2D eigenvalue weighted by molar-refractivity contribution is 0.244. The number of hydrogen-bond donors (Lipinski definition) is 1. The van der Waals surface area contributed by atoms with Crippen LogP contribution in [0.5, 0.6) is 0 Å². The molecule has 0 spiro atoms. The van der Waals surface area contributed by atoms with E-state index in [0.717, 1.165) is 42.3 Å². The van der Waals surface area contributed by atoms with Gasteiger partial charge in [-0.15, -0.1) is 11.3 Å². The van der Waals surface area contributed by atoms with Crippen LogP contribution in [-0.2, 0) is 19.5 Å². The van der Waals surface area contributed by atoms with Gasteiger partial charge in [-0.05, 0) is 11.4 Å². The molecular weight excluding hydrogens is 282 g/mol. The van der Waals surface area contributed by atoms with Crippen LogP contribution < -0.4 is 0 Å². The largest absolute Gasteiger partial charge is 0.294 e. The average Bonchev–Trinajstić information content (AvgIpc) is 3.19. The van der Waals surface area contributed by atoms with Crippen molar-refractivity contribution in [3.8, 4) is 10.7 Å². The molecule has 0 aromatic carbocycles. The molecule has 0 saturated heterocycles. The first-order valence-corrected chi connectivity index (χ1v) is 7.85. The van der Waals surface area contributed by atoms with Crippen molar-refractivity contribution in [3.05, 3.63) is 52.9 Å². The maximum absolute atomic E-state index is 4.48. The quantitative estimate of drug-likeness (QED) is 0.807. The van der Waals surface area contributed by atoms with Crippen LogP contribution in [0.3, 0.4) is 0 Å². The molecule has 0 amide bonds. The second kappa shape index (κ2) is 5.38. The van der Waals surface area contributed by atoms with Gasteiger partial charge in [-0.2, -0.15) is 5.10 Å². The number of rotatable bonds is 3. The first kappa shape index (κ1) is 12.7. The van der Waals surface area contributed by atoms with Gasteiger partial charge in [-0.1, -0.05) is 6.07 Å². The van der Waals surface area contributed by atoms with E-state index >= 15 is 0 Å². The minimum absolute atomic E-state index is 0.810. The fraction of sp³-hybridized carbons (Fsp3) is 0.267. The summed E-state index contributed by atoms with van der Waals surface area (Å²) in [5.74, 6) is 0.810. The lowest BCUT2D eigenvalue weighted by atomic mass is 10.1. The Hall–Kier alpha value is -2.05. The molecule has 0 bridgehead atoms. The summed E-state index contributed by atoms with van der Waals surface area (Å²) in [5.41, 5.74) is 3.73. The number of aromatic nitrogens is 4. The highest BCUT2D eigenvalue weighted by Crippen LogP contribution is 2.21. The molecule has 0 saturated carbocycles. The summed E-state index contributed by atoms with van der Waals surface area (Å²) in [6, 6.07) is 4.07. The second-order valence-corrected chi connectivity index (χ2v) is 6.17. The zero-order chi connectivity index (χ0) is 14.1. The molecule has 3 aromatic rings. The third-order valence-corrected chi connectivity index (χ3v) is 4.60. The van der Waals surface area contributed by atoms with Gasteiger partial charge < -0.3 is 0 Å². The van der Waals surface area contributed by atoms with Gasteiger partial charge in [0.15, 0.2) is 5.82 Å². The molecule has 0 atom stereocenters. The standard InChI is InChI=1S/C15H15N5S/c1-2-14(21-5-1)15-16-6-11(7-17-15)9-20-4-3-13-12(10-20)8-18-19-13/h1-2,5-8H,3-4,9-10H2,(H,18,19). The van der Waals surface area contributed by atoms with E-state index in [9.17, 15) is 0 Å². The van der Waals surface area contributed by atoms with E-state index in [0.29, 0.717) is 0 Å². The monoisotopic (exact) mass is 297 g/mol. The SMILES string of the molecule is c1csc(-c2ncc(CN3CCc4[nH]ncc4C3)cn2)c1. The molecule has 4 rings (SSSR count). The van der Waals surface area contributed by atoms with Crippen LogP contribution in [-0.4, -0.2) is 31.6 Å². The lowest BCUT2D eigenvalue weighted by Gasteiger charge is -2.26. The first-order chi connectivity index (χ1) is 10.4. The number of thiophene rings is 1. The van der Waals surface area contributed by atoms with Crippen LogP contribution in [0.2, 0.25) is 0 Å². The molecular formula is C15H15N5S. The van der Waals surface area contributed by atoms with Crippen molar-refractivity contribution in [1.82, 2.24) is 25.1 Å². The Bertz CT molecular complexity index is 717. The van der Waals surface area contributed by atoms with E-state index in [1.807, 2.05) is 36.1 Å². The van der Waals surface area contributed by atoms with Crippen molar-refractivity contribution >= 4 is 11.3 Å². The average molecular weight is 297 g/mol. The van der Waals surface area contributed by atoms with E-state index in [1.54, 1.807) is 11.3 Å². The van der Waals surface area contributed by atoms with Crippen LogP contribution in [0.1, 0.15) is 16.8 Å². The zero-order valence-electron chi connectivity index (χ0n) is 11.5. The van der Waals surface area contributed by atoms with E-state index in [2.05, 4.69) is 25.1 Å². The molecule has 6 heteroatoms. The third-order valence-electron chi connectivity index (χ3n) is 3.73. The third kappa shape index (κ3) is 2.59. The Kier molecular flexibility index (Phi) is 3.25. The summed E-state index contributed by atoms with van der Waals surface area (Å²) < 4.78 is 0. The maximum atomic E-state index is 4.48. The molecule has 0 radical (unpaired) electrons. The van der Waals surface area contributed by atoms with Crippen molar-refractivity contribution in [2.24, 2.45) is 0 Å². The summed E-state index contributed by atoms with van der Waals surface area (Å²) >= 11 is 1.66. The second-order valence-electron chi connectivity index (χ2n) is 5.23. The van der Waals surface area contributed by atoms with E-state index in [1.165, 1.54) is 11.3 Å². The summed E-state index contributed by atoms with van der Waals surface area (Å²) in [6.45, 7) is 2.87. The van der Waals surface area contributed by atoms with Crippen LogP contribution >= 0.6 is 11.3 Å². The number of fused-ring (bicyclic) bond motifs is 1. The molecule has 0 fully saturated rings. The van der Waals surface area contributed by atoms with Crippen LogP contribution in [0.4, 0.5) is 0 Å². The number of hydrogen-bond acceptors (Lipinski definition) is 5. The smallest absolute Gasteiger partial charge is 0.169 e. The summed E-state index contributed by atoms with van der Waals surface area (Å²) in [4.78, 5) is 12.5. The lowest BCUT2D eigenvalue weighted by Crippen LogP contribution is -2.29. The van der Waals surface area contributed by atoms with Gasteiger partial charge in [0.05, 0.1) is 11.1 Å². The summed E-state index contributed by atoms with van der Waals surface area (Å²) in [5, 5.41) is 9.22. The highest BCUT2D eigenvalue weighted by molar-refractivity contribution is 7.13. The number of aromatic amines is 1. The van der Waals surface area contributed by atoms with Gasteiger partial charge >= 0.3 is 0 Å². The molecule has 21 heavy (non-hydrogen) atoms. The van der Waals surface area contributed by atoms with E-state index < -0.39 is 0 Å². The molecule has 3 aromatic heterocycles. The molecule has 0 aliphatic carbocycles. The molecule has 1 aliphatic heterocycles. The highest BCUT2D eigenvalue weighted by atomic mass is 32.1. The summed E-state index contributed by atoms with van der Waals surface area (Å²) in [6.07, 6.45) is 6.83. The molecule has 4 heterocycles. The maximum Gasteiger partial charge on any atom is 0.169 e. The zero-order valence-corrected chi connectivity index (χ0v) is 12.3. The van der Waals surface area contributed by atoms with Crippen LogP contribution in [0.25, 0.3) is 10.7 Å². The molecule has 106 valence electrons. The topological polar surface area (TPSA) is 57.7 Å². The number of nitrogens with zero attached hydrogens (tertiary/aromatic N) is 4. The van der Waals surface area contributed by atoms with Crippen LogP contribution in [0.15, 0.2) is 36.1 Å².